The largest absolute Gasteiger partial charge is 0.368 e. The van der Waals surface area contributed by atoms with Crippen molar-refractivity contribution in [3.05, 3.63) is 11.7 Å². The molecule has 1 heterocycles. The van der Waals surface area contributed by atoms with Crippen LogP contribution in [0.3, 0.4) is 0 Å². The van der Waals surface area contributed by atoms with Crippen LogP contribution < -0.4 is 5.73 Å². The van der Waals surface area contributed by atoms with Crippen LogP contribution in [0, 0.1) is 0 Å². The highest BCUT2D eigenvalue weighted by molar-refractivity contribution is 4.85. The van der Waals surface area contributed by atoms with Crippen LogP contribution in [-0.4, -0.2) is 22.3 Å². The Morgan fingerprint density at radius 2 is 2.12 bits per heavy atom. The van der Waals surface area contributed by atoms with Gasteiger partial charge in [-0.3, -0.25) is 0 Å². The lowest BCUT2D eigenvalue weighted by Gasteiger charge is -2.25. The molecule has 96 valence electrons. The predicted octanol–water partition coefficient (Wildman–Crippen LogP) is 1.81. The number of rotatable bonds is 5. The van der Waals surface area contributed by atoms with Crippen LogP contribution in [0.5, 0.6) is 0 Å². The third kappa shape index (κ3) is 3.78. The summed E-state index contributed by atoms with van der Waals surface area (Å²) in [6.07, 6.45) is 6.37. The molecule has 0 aromatic carbocycles. The van der Waals surface area contributed by atoms with Crippen LogP contribution in [0.2, 0.25) is 0 Å². The maximum absolute atomic E-state index is 5.84. The Kier molecular flexibility index (Phi) is 4.50. The van der Waals surface area contributed by atoms with E-state index in [1.165, 1.54) is 0 Å². The van der Waals surface area contributed by atoms with E-state index in [2.05, 4.69) is 17.1 Å². The number of nitrogens with two attached hydrogens (primary N) is 1. The first-order valence-electron chi connectivity index (χ1n) is 6.46. The molecule has 1 aliphatic rings. The number of ether oxygens (including phenoxy) is 1. The lowest BCUT2D eigenvalue weighted by atomic mass is 9.94. The van der Waals surface area contributed by atoms with E-state index in [1.54, 1.807) is 0 Å². The number of aromatic nitrogens is 2. The zero-order chi connectivity index (χ0) is 12.1. The van der Waals surface area contributed by atoms with Gasteiger partial charge in [0.15, 0.2) is 5.82 Å². The third-order valence-electron chi connectivity index (χ3n) is 3.15. The van der Waals surface area contributed by atoms with Crippen LogP contribution in [-0.2, 0) is 17.8 Å². The van der Waals surface area contributed by atoms with Gasteiger partial charge in [0.25, 0.3) is 5.89 Å². The minimum Gasteiger partial charge on any atom is -0.368 e. The fraction of sp³-hybridized carbons (Fsp3) is 0.833. The summed E-state index contributed by atoms with van der Waals surface area (Å²) in [6, 6.07) is 0.356. The maximum Gasteiger partial charge on any atom is 0.252 e. The maximum atomic E-state index is 5.84. The van der Waals surface area contributed by atoms with Crippen molar-refractivity contribution in [2.45, 2.75) is 64.2 Å². The van der Waals surface area contributed by atoms with Gasteiger partial charge in [0, 0.05) is 12.5 Å². The average Bonchev–Trinajstić information content (AvgIpc) is 2.77. The molecule has 0 amide bonds. The van der Waals surface area contributed by atoms with Crippen LogP contribution in [0.4, 0.5) is 0 Å². The summed E-state index contributed by atoms with van der Waals surface area (Å²) in [5.74, 6) is 1.36. The van der Waals surface area contributed by atoms with E-state index < -0.39 is 0 Å². The van der Waals surface area contributed by atoms with Gasteiger partial charge in [-0.1, -0.05) is 12.1 Å². The van der Waals surface area contributed by atoms with Crippen molar-refractivity contribution in [2.24, 2.45) is 5.73 Å². The summed E-state index contributed by atoms with van der Waals surface area (Å²) in [6.45, 7) is 2.52. The van der Waals surface area contributed by atoms with Crippen molar-refractivity contribution in [3.8, 4) is 0 Å². The number of nitrogens with zero attached hydrogens (tertiary/aromatic N) is 2. The molecule has 1 saturated carbocycles. The number of aryl methyl sites for hydroxylation is 1. The Morgan fingerprint density at radius 3 is 2.82 bits per heavy atom. The first-order valence-corrected chi connectivity index (χ1v) is 6.46. The van der Waals surface area contributed by atoms with Gasteiger partial charge in [-0.15, -0.1) is 0 Å². The summed E-state index contributed by atoms with van der Waals surface area (Å²) in [7, 11) is 0. The summed E-state index contributed by atoms with van der Waals surface area (Å²) in [5.41, 5.74) is 5.84. The van der Waals surface area contributed by atoms with Crippen molar-refractivity contribution in [1.82, 2.24) is 10.1 Å². The highest BCUT2D eigenvalue weighted by Crippen LogP contribution is 2.20. The van der Waals surface area contributed by atoms with Gasteiger partial charge in [0.05, 0.1) is 6.10 Å². The average molecular weight is 239 g/mol. The molecule has 5 heteroatoms. The molecular weight excluding hydrogens is 218 g/mol. The summed E-state index contributed by atoms with van der Waals surface area (Å²) >= 11 is 0. The van der Waals surface area contributed by atoms with E-state index in [0.717, 1.165) is 44.3 Å². The number of hydrogen-bond acceptors (Lipinski definition) is 5. The molecule has 0 atom stereocenters. The lowest BCUT2D eigenvalue weighted by molar-refractivity contribution is 0.00192. The van der Waals surface area contributed by atoms with Crippen molar-refractivity contribution >= 4 is 0 Å². The predicted molar refractivity (Wildman–Crippen MR) is 63.3 cm³/mol. The normalized spacial score (nSPS) is 25.1. The SMILES string of the molecule is CCCc1noc(COC2CCC(N)CC2)n1. The molecule has 1 fully saturated rings. The van der Waals surface area contributed by atoms with Crippen LogP contribution in [0.1, 0.15) is 50.7 Å². The Hall–Kier alpha value is -0.940. The molecule has 1 aliphatic carbocycles. The Bertz CT molecular complexity index is 332. The van der Waals surface area contributed by atoms with Gasteiger partial charge < -0.3 is 15.0 Å². The van der Waals surface area contributed by atoms with E-state index >= 15 is 0 Å². The third-order valence-corrected chi connectivity index (χ3v) is 3.15. The fourth-order valence-corrected chi connectivity index (χ4v) is 2.12. The second-order valence-electron chi connectivity index (χ2n) is 4.70. The molecule has 0 bridgehead atoms. The van der Waals surface area contributed by atoms with Crippen LogP contribution in [0.25, 0.3) is 0 Å². The van der Waals surface area contributed by atoms with Crippen LogP contribution in [0.15, 0.2) is 4.52 Å². The molecule has 17 heavy (non-hydrogen) atoms. The molecule has 2 N–H and O–H groups in total. The monoisotopic (exact) mass is 239 g/mol. The highest BCUT2D eigenvalue weighted by Gasteiger charge is 2.19. The molecule has 5 nitrogen and oxygen atoms in total. The summed E-state index contributed by atoms with van der Waals surface area (Å²) < 4.78 is 10.9. The Labute approximate surface area is 102 Å². The second-order valence-corrected chi connectivity index (χ2v) is 4.70. The Balaban J connectivity index is 1.73. The van der Waals surface area contributed by atoms with Gasteiger partial charge in [-0.25, -0.2) is 0 Å². The smallest absolute Gasteiger partial charge is 0.252 e. The minimum absolute atomic E-state index is 0.302. The quantitative estimate of drug-likeness (QED) is 0.848. The highest BCUT2D eigenvalue weighted by atomic mass is 16.5. The van der Waals surface area contributed by atoms with Gasteiger partial charge in [-0.05, 0) is 32.1 Å². The summed E-state index contributed by atoms with van der Waals surface area (Å²) in [5, 5.41) is 3.90. The molecule has 2 rings (SSSR count). The van der Waals surface area contributed by atoms with Crippen molar-refractivity contribution in [3.63, 3.8) is 0 Å². The lowest BCUT2D eigenvalue weighted by Crippen LogP contribution is -2.30. The van der Waals surface area contributed by atoms with E-state index in [-0.39, 0.29) is 0 Å². The molecule has 0 radical (unpaired) electrons. The second kappa shape index (κ2) is 6.12. The first-order chi connectivity index (χ1) is 8.28. The zero-order valence-electron chi connectivity index (χ0n) is 10.4. The molecule has 0 unspecified atom stereocenters. The molecular formula is C12H21N3O2. The van der Waals surface area contributed by atoms with Gasteiger partial charge in [0.1, 0.15) is 6.61 Å². The fourth-order valence-electron chi connectivity index (χ4n) is 2.12. The van der Waals surface area contributed by atoms with Gasteiger partial charge in [-0.2, -0.15) is 4.98 Å². The summed E-state index contributed by atoms with van der Waals surface area (Å²) in [4.78, 5) is 4.27. The zero-order valence-corrected chi connectivity index (χ0v) is 10.4. The standard InChI is InChI=1S/C12H21N3O2/c1-2-3-11-14-12(17-15-11)8-16-10-6-4-9(13)5-7-10/h9-10H,2-8,13H2,1H3. The van der Waals surface area contributed by atoms with Gasteiger partial charge >= 0.3 is 0 Å². The topological polar surface area (TPSA) is 74.2 Å². The van der Waals surface area contributed by atoms with E-state index in [0.29, 0.717) is 24.6 Å². The molecule has 0 aliphatic heterocycles. The molecule has 1 aromatic rings. The number of hydrogen-bond donors (Lipinski definition) is 1. The molecule has 0 saturated heterocycles. The van der Waals surface area contributed by atoms with Crippen LogP contribution >= 0.6 is 0 Å². The first kappa shape index (κ1) is 12.5. The van der Waals surface area contributed by atoms with Crippen molar-refractivity contribution < 1.29 is 9.26 Å². The van der Waals surface area contributed by atoms with E-state index in [9.17, 15) is 0 Å². The molecule has 0 spiro atoms. The minimum atomic E-state index is 0.302. The van der Waals surface area contributed by atoms with Crippen molar-refractivity contribution in [2.75, 3.05) is 0 Å². The Morgan fingerprint density at radius 1 is 1.35 bits per heavy atom. The molecule has 1 aromatic heterocycles. The van der Waals surface area contributed by atoms with E-state index in [4.69, 9.17) is 15.0 Å². The van der Waals surface area contributed by atoms with E-state index in [1.807, 2.05) is 0 Å². The van der Waals surface area contributed by atoms with Crippen molar-refractivity contribution in [1.29, 1.82) is 0 Å². The van der Waals surface area contributed by atoms with Gasteiger partial charge in [0.2, 0.25) is 0 Å².